The first-order chi connectivity index (χ1) is 15.3. The van der Waals surface area contributed by atoms with Crippen LogP contribution in [0.15, 0.2) is 34.2 Å². The molecule has 0 saturated heterocycles. The molecule has 2 heterocycles. The molecule has 10 heteroatoms. The smallest absolute Gasteiger partial charge is 0.407 e. The number of hydrogen-bond donors (Lipinski definition) is 3. The minimum atomic E-state index is -0.487. The second-order valence-corrected chi connectivity index (χ2v) is 9.42. The van der Waals surface area contributed by atoms with Gasteiger partial charge in [-0.1, -0.05) is 0 Å². The number of benzene rings is 1. The summed E-state index contributed by atoms with van der Waals surface area (Å²) in [5.74, 6) is 0.799. The molecule has 1 aliphatic heterocycles. The molecule has 0 spiro atoms. The Morgan fingerprint density at radius 1 is 1.31 bits per heavy atom. The zero-order chi connectivity index (χ0) is 23.0. The molecule has 0 bridgehead atoms. The van der Waals surface area contributed by atoms with E-state index in [1.54, 1.807) is 6.20 Å². The van der Waals surface area contributed by atoms with E-state index in [1.807, 2.05) is 33.9 Å². The van der Waals surface area contributed by atoms with Gasteiger partial charge >= 0.3 is 6.09 Å². The number of rotatable bonds is 10. The number of hydrogen-bond acceptors (Lipinski definition) is 8. The second kappa shape index (κ2) is 11.3. The first kappa shape index (κ1) is 24.1. The highest BCUT2D eigenvalue weighted by Crippen LogP contribution is 2.31. The van der Waals surface area contributed by atoms with E-state index in [0.29, 0.717) is 19.8 Å². The molecular weight excluding hydrogens is 428 g/mol. The molecule has 3 rings (SSSR count). The van der Waals surface area contributed by atoms with Crippen molar-refractivity contribution in [2.75, 3.05) is 30.8 Å². The lowest BCUT2D eigenvalue weighted by molar-refractivity contribution is 0.0502. The Hall–Kier alpha value is -2.59. The lowest BCUT2D eigenvalue weighted by Gasteiger charge is -2.22. The lowest BCUT2D eigenvalue weighted by Crippen LogP contribution is -2.37. The number of carbonyl (C=O) groups excluding carboxylic acids is 1. The van der Waals surface area contributed by atoms with Crippen LogP contribution in [0.3, 0.4) is 0 Å². The van der Waals surface area contributed by atoms with Crippen LogP contribution in [0.2, 0.25) is 0 Å². The molecule has 9 nitrogen and oxygen atoms in total. The van der Waals surface area contributed by atoms with Gasteiger partial charge in [0.05, 0.1) is 24.5 Å². The average molecular weight is 461 g/mol. The molecule has 32 heavy (non-hydrogen) atoms. The van der Waals surface area contributed by atoms with Gasteiger partial charge in [-0.2, -0.15) is 10.2 Å². The number of nitrogens with one attached hydrogen (secondary N) is 3. The number of carbonyl (C=O) groups is 1. The number of amides is 1. The van der Waals surface area contributed by atoms with Gasteiger partial charge in [-0.15, -0.1) is 4.52 Å². The third-order valence-corrected chi connectivity index (χ3v) is 5.37. The van der Waals surface area contributed by atoms with Gasteiger partial charge < -0.3 is 20.1 Å². The van der Waals surface area contributed by atoms with Crippen molar-refractivity contribution in [1.82, 2.24) is 15.5 Å². The van der Waals surface area contributed by atoms with Crippen LogP contribution in [-0.2, 0) is 9.47 Å². The van der Waals surface area contributed by atoms with Crippen molar-refractivity contribution < 1.29 is 14.3 Å². The van der Waals surface area contributed by atoms with Crippen molar-refractivity contribution in [2.24, 2.45) is 9.63 Å². The Bertz CT molecular complexity index is 966. The monoisotopic (exact) mass is 460 g/mol. The maximum absolute atomic E-state index is 11.8. The van der Waals surface area contributed by atoms with Crippen LogP contribution >= 0.6 is 11.9 Å². The van der Waals surface area contributed by atoms with E-state index >= 15 is 0 Å². The van der Waals surface area contributed by atoms with Crippen molar-refractivity contribution >= 4 is 40.2 Å². The number of alkyl carbamates (subject to hydrolysis) is 1. The van der Waals surface area contributed by atoms with Gasteiger partial charge in [0.1, 0.15) is 5.60 Å². The van der Waals surface area contributed by atoms with Crippen molar-refractivity contribution in [2.45, 2.75) is 52.2 Å². The van der Waals surface area contributed by atoms with E-state index in [4.69, 9.17) is 9.47 Å². The van der Waals surface area contributed by atoms with Crippen molar-refractivity contribution in [3.8, 4) is 0 Å². The fourth-order valence-corrected chi connectivity index (χ4v) is 3.79. The first-order valence-electron chi connectivity index (χ1n) is 10.8. The maximum atomic E-state index is 11.8. The molecule has 1 aromatic heterocycles. The van der Waals surface area contributed by atoms with Crippen LogP contribution in [0.5, 0.6) is 0 Å². The third-order valence-electron chi connectivity index (χ3n) is 4.72. The van der Waals surface area contributed by atoms with Crippen molar-refractivity contribution in [1.29, 1.82) is 0 Å². The number of H-pyrrole nitrogens is 1. The number of aromatic nitrogens is 2. The van der Waals surface area contributed by atoms with Crippen molar-refractivity contribution in [3.05, 3.63) is 30.1 Å². The summed E-state index contributed by atoms with van der Waals surface area (Å²) >= 11 is 1.44. The molecule has 0 unspecified atom stereocenters. The molecule has 0 radical (unpaired) electrons. The summed E-state index contributed by atoms with van der Waals surface area (Å²) in [6.45, 7) is 9.43. The summed E-state index contributed by atoms with van der Waals surface area (Å²) in [6.07, 6.45) is 4.94. The van der Waals surface area contributed by atoms with Gasteiger partial charge in [0, 0.05) is 48.0 Å². The second-order valence-electron chi connectivity index (χ2n) is 8.71. The van der Waals surface area contributed by atoms with E-state index in [2.05, 4.69) is 42.6 Å². The molecule has 174 valence electrons. The maximum Gasteiger partial charge on any atom is 0.407 e. The lowest BCUT2D eigenvalue weighted by atomic mass is 10.0. The Morgan fingerprint density at radius 3 is 2.91 bits per heavy atom. The van der Waals surface area contributed by atoms with Gasteiger partial charge in [-0.3, -0.25) is 5.10 Å². The van der Waals surface area contributed by atoms with E-state index in [0.717, 1.165) is 46.3 Å². The highest BCUT2D eigenvalue weighted by atomic mass is 32.2. The average Bonchev–Trinajstić information content (AvgIpc) is 3.21. The molecule has 1 aromatic carbocycles. The normalized spacial score (nSPS) is 14.8. The summed E-state index contributed by atoms with van der Waals surface area (Å²) < 4.78 is 15.0. The number of fused-ring (bicyclic) bond motifs is 1. The summed E-state index contributed by atoms with van der Waals surface area (Å²) in [5.41, 5.74) is 3.74. The number of nitrogens with zero attached hydrogens (tertiary/aromatic N) is 3. The number of anilines is 1. The standard InChI is InChI=1S/C22H32N6O3S/c1-15(26-21(29)31-22(2,3)4)6-5-8-30-9-7-23-19-10-16(17-12-25-28-32-14-17)11-20-18(19)13-24-27-20/h10-13,15,23H,5-9,14H2,1-4H3,(H,24,27)(H,26,29)/t15-/m0/s1. The summed E-state index contributed by atoms with van der Waals surface area (Å²) in [6, 6.07) is 4.24. The molecule has 1 aliphatic rings. The molecule has 1 amide bonds. The zero-order valence-corrected chi connectivity index (χ0v) is 19.9. The number of aromatic amines is 1. The first-order valence-corrected chi connectivity index (χ1v) is 11.8. The van der Waals surface area contributed by atoms with Crippen LogP contribution in [0.1, 0.15) is 46.1 Å². The molecule has 2 aromatic rings. The summed E-state index contributed by atoms with van der Waals surface area (Å²) in [5, 5.41) is 18.6. The van der Waals surface area contributed by atoms with Crippen LogP contribution in [-0.4, -0.2) is 53.4 Å². The van der Waals surface area contributed by atoms with Crippen LogP contribution < -0.4 is 10.6 Å². The molecular formula is C22H32N6O3S. The van der Waals surface area contributed by atoms with E-state index < -0.39 is 5.60 Å². The Labute approximate surface area is 192 Å². The quantitative estimate of drug-likeness (QED) is 0.334. The Kier molecular flexibility index (Phi) is 8.52. The van der Waals surface area contributed by atoms with Gasteiger partial charge in [0.25, 0.3) is 0 Å². The third kappa shape index (κ3) is 7.52. The van der Waals surface area contributed by atoms with Crippen LogP contribution in [0.4, 0.5) is 10.5 Å². The zero-order valence-electron chi connectivity index (χ0n) is 19.1. The van der Waals surface area contributed by atoms with Crippen molar-refractivity contribution in [3.63, 3.8) is 0 Å². The molecule has 0 saturated carbocycles. The fraction of sp³-hybridized carbons (Fsp3) is 0.545. The van der Waals surface area contributed by atoms with E-state index in [1.165, 1.54) is 11.9 Å². The van der Waals surface area contributed by atoms with E-state index in [-0.39, 0.29) is 12.1 Å². The topological polar surface area (TPSA) is 113 Å². The summed E-state index contributed by atoms with van der Waals surface area (Å²) in [4.78, 5) is 11.8. The van der Waals surface area contributed by atoms with Gasteiger partial charge in [0.15, 0.2) is 0 Å². The van der Waals surface area contributed by atoms with Gasteiger partial charge in [-0.25, -0.2) is 4.79 Å². The predicted molar refractivity (Wildman–Crippen MR) is 129 cm³/mol. The Morgan fingerprint density at radius 2 is 2.16 bits per heavy atom. The minimum absolute atomic E-state index is 0.0375. The van der Waals surface area contributed by atoms with Crippen LogP contribution in [0, 0.1) is 0 Å². The summed E-state index contributed by atoms with van der Waals surface area (Å²) in [7, 11) is 0. The van der Waals surface area contributed by atoms with Gasteiger partial charge in [0.2, 0.25) is 0 Å². The van der Waals surface area contributed by atoms with Crippen LogP contribution in [0.25, 0.3) is 16.5 Å². The SMILES string of the molecule is C[C@@H](CCCOCCNc1cc(C2=CN=NSC2)cc2[nH]ncc12)NC(=O)OC(C)(C)C. The number of ether oxygens (including phenoxy) is 2. The predicted octanol–water partition coefficient (Wildman–Crippen LogP) is 5.14. The van der Waals surface area contributed by atoms with E-state index in [9.17, 15) is 4.79 Å². The highest BCUT2D eigenvalue weighted by Gasteiger charge is 2.17. The molecule has 0 fully saturated rings. The molecule has 1 atom stereocenters. The van der Waals surface area contributed by atoms with Gasteiger partial charge in [-0.05, 0) is 63.8 Å². The highest BCUT2D eigenvalue weighted by molar-refractivity contribution is 7.98. The molecule has 3 N–H and O–H groups in total. The Balaban J connectivity index is 1.39. The molecule has 0 aliphatic carbocycles. The minimum Gasteiger partial charge on any atom is -0.444 e. The fourth-order valence-electron chi connectivity index (χ4n) is 3.24. The largest absolute Gasteiger partial charge is 0.444 e.